The molecule has 0 aromatic heterocycles. The molecule has 0 spiro atoms. The van der Waals surface area contributed by atoms with Crippen LogP contribution >= 0.6 is 0 Å². The smallest absolute Gasteiger partial charge is 0.405 e. The third-order valence-electron chi connectivity index (χ3n) is 5.09. The molecule has 2 fully saturated rings. The first-order valence-corrected chi connectivity index (χ1v) is 10.1. The van der Waals surface area contributed by atoms with E-state index in [4.69, 9.17) is 10.8 Å². The summed E-state index contributed by atoms with van der Waals surface area (Å²) in [4.78, 5) is 24.9. The fraction of sp³-hybridized carbons (Fsp3) is 0.867. The number of carbonyl (C=O) groups excluding carboxylic acids is 1. The number of rotatable bonds is 5. The van der Waals surface area contributed by atoms with E-state index in [2.05, 4.69) is 5.32 Å². The number of nitrogens with one attached hydrogen (secondary N) is 1. The first kappa shape index (κ1) is 19.0. The number of sulfone groups is 1. The second-order valence-electron chi connectivity index (χ2n) is 7.10. The summed E-state index contributed by atoms with van der Waals surface area (Å²) in [6.45, 7) is 3.75. The quantitative estimate of drug-likeness (QED) is 0.640. The van der Waals surface area contributed by atoms with Crippen LogP contribution in [0, 0.1) is 5.92 Å². The van der Waals surface area contributed by atoms with E-state index in [1.165, 1.54) is 0 Å². The molecule has 1 saturated heterocycles. The molecule has 2 rings (SSSR count). The van der Waals surface area contributed by atoms with Crippen LogP contribution in [-0.4, -0.2) is 66.1 Å². The summed E-state index contributed by atoms with van der Waals surface area (Å²) in [5, 5.41) is 10.6. The molecule has 0 unspecified atom stereocenters. The molecule has 1 saturated carbocycles. The average Bonchev–Trinajstić information content (AvgIpc) is 2.79. The van der Waals surface area contributed by atoms with Gasteiger partial charge in [0, 0.05) is 18.6 Å². The third-order valence-corrected chi connectivity index (χ3v) is 7.41. The Bertz CT molecular complexity index is 592. The highest BCUT2D eigenvalue weighted by Crippen LogP contribution is 2.32. The summed E-state index contributed by atoms with van der Waals surface area (Å²) >= 11 is 0. The molecule has 24 heavy (non-hydrogen) atoms. The minimum absolute atomic E-state index is 0.0177. The Hall–Kier alpha value is -1.35. The van der Waals surface area contributed by atoms with E-state index in [9.17, 15) is 18.0 Å². The maximum atomic E-state index is 12.5. The van der Waals surface area contributed by atoms with Crippen LogP contribution in [0.15, 0.2) is 0 Å². The van der Waals surface area contributed by atoms with Gasteiger partial charge in [-0.15, -0.1) is 0 Å². The molecule has 1 aliphatic heterocycles. The number of hydrogen-bond acceptors (Lipinski definition) is 5. The molecule has 8 nitrogen and oxygen atoms in total. The number of amides is 2. The lowest BCUT2D eigenvalue weighted by atomic mass is 9.82. The summed E-state index contributed by atoms with van der Waals surface area (Å²) < 4.78 is 24.6. The maximum Gasteiger partial charge on any atom is 0.405 e. The van der Waals surface area contributed by atoms with Crippen LogP contribution in [0.1, 0.15) is 39.5 Å². The van der Waals surface area contributed by atoms with Gasteiger partial charge in [-0.25, -0.2) is 13.2 Å². The van der Waals surface area contributed by atoms with Gasteiger partial charge in [0.1, 0.15) is 6.04 Å². The van der Waals surface area contributed by atoms with Crippen LogP contribution in [-0.2, 0) is 14.6 Å². The van der Waals surface area contributed by atoms with Crippen molar-refractivity contribution in [3.8, 4) is 0 Å². The lowest BCUT2D eigenvalue weighted by Crippen LogP contribution is -2.51. The zero-order valence-electron chi connectivity index (χ0n) is 14.1. The van der Waals surface area contributed by atoms with Gasteiger partial charge in [0.25, 0.3) is 0 Å². The Morgan fingerprint density at radius 2 is 2.04 bits per heavy atom. The van der Waals surface area contributed by atoms with Crippen molar-refractivity contribution in [1.82, 2.24) is 10.2 Å². The predicted octanol–water partition coefficient (Wildman–Crippen LogP) is 0.174. The van der Waals surface area contributed by atoms with E-state index < -0.39 is 27.2 Å². The lowest BCUT2D eigenvalue weighted by molar-refractivity contribution is -0.132. The minimum atomic E-state index is -3.24. The zero-order valence-corrected chi connectivity index (χ0v) is 15.0. The Morgan fingerprint density at radius 1 is 1.38 bits per heavy atom. The Labute approximate surface area is 142 Å². The summed E-state index contributed by atoms with van der Waals surface area (Å²) in [6, 6.07) is -0.980. The molecule has 4 atom stereocenters. The molecule has 2 amide bonds. The highest BCUT2D eigenvalue weighted by molar-refractivity contribution is 7.91. The van der Waals surface area contributed by atoms with Crippen LogP contribution in [0.2, 0.25) is 0 Å². The number of nitrogens with two attached hydrogens (primary N) is 1. The number of nitrogens with zero attached hydrogens (tertiary/aromatic N) is 1. The molecular weight excluding hydrogens is 334 g/mol. The Kier molecular flexibility index (Phi) is 5.74. The van der Waals surface area contributed by atoms with Gasteiger partial charge in [0.05, 0.1) is 11.0 Å². The summed E-state index contributed by atoms with van der Waals surface area (Å²) in [5.74, 6) is -0.442. The first-order chi connectivity index (χ1) is 11.1. The van der Waals surface area contributed by atoms with Crippen molar-refractivity contribution in [2.24, 2.45) is 11.7 Å². The van der Waals surface area contributed by atoms with Gasteiger partial charge in [-0.2, -0.15) is 0 Å². The number of carbonyl (C=O) groups is 2. The van der Waals surface area contributed by atoms with E-state index in [0.29, 0.717) is 25.8 Å². The van der Waals surface area contributed by atoms with Crippen molar-refractivity contribution in [2.75, 3.05) is 12.3 Å². The predicted molar refractivity (Wildman–Crippen MR) is 89.3 cm³/mol. The van der Waals surface area contributed by atoms with Crippen LogP contribution in [0.3, 0.4) is 0 Å². The van der Waals surface area contributed by atoms with E-state index >= 15 is 0 Å². The summed E-state index contributed by atoms with van der Waals surface area (Å²) in [7, 11) is -3.24. The minimum Gasteiger partial charge on any atom is -0.465 e. The number of hydrogen-bond donors (Lipinski definition) is 3. The highest BCUT2D eigenvalue weighted by Gasteiger charge is 2.43. The van der Waals surface area contributed by atoms with Crippen molar-refractivity contribution in [1.29, 1.82) is 0 Å². The van der Waals surface area contributed by atoms with Gasteiger partial charge in [0.2, 0.25) is 5.91 Å². The molecule has 0 radical (unpaired) electrons. The number of likely N-dealkylation sites (tertiary alicyclic amines) is 1. The molecule has 0 aromatic carbocycles. The molecule has 1 heterocycles. The SMILES string of the molecule is CC(C)S(=O)(=O)C[C@H]1C[C@H](N)CC[C@@H]1N1CC[C@H](NC(=O)O)C1=O. The monoisotopic (exact) mass is 361 g/mol. The van der Waals surface area contributed by atoms with Crippen LogP contribution in [0.25, 0.3) is 0 Å². The Balaban J connectivity index is 2.14. The molecule has 138 valence electrons. The van der Waals surface area contributed by atoms with E-state index in [0.717, 1.165) is 6.42 Å². The second-order valence-corrected chi connectivity index (χ2v) is 9.70. The maximum absolute atomic E-state index is 12.5. The van der Waals surface area contributed by atoms with Crippen LogP contribution in [0.4, 0.5) is 4.79 Å². The van der Waals surface area contributed by atoms with E-state index in [1.807, 2.05) is 0 Å². The normalized spacial score (nSPS) is 31.5. The molecule has 0 aromatic rings. The largest absolute Gasteiger partial charge is 0.465 e. The van der Waals surface area contributed by atoms with E-state index in [1.54, 1.807) is 18.7 Å². The second kappa shape index (κ2) is 7.26. The molecule has 4 N–H and O–H groups in total. The van der Waals surface area contributed by atoms with Gasteiger partial charge >= 0.3 is 6.09 Å². The van der Waals surface area contributed by atoms with Crippen molar-refractivity contribution in [2.45, 2.75) is 62.9 Å². The van der Waals surface area contributed by atoms with Crippen LogP contribution < -0.4 is 11.1 Å². The molecule has 9 heteroatoms. The first-order valence-electron chi connectivity index (χ1n) is 8.39. The topological polar surface area (TPSA) is 130 Å². The van der Waals surface area contributed by atoms with Gasteiger partial charge in [-0.1, -0.05) is 0 Å². The highest BCUT2D eigenvalue weighted by atomic mass is 32.2. The molecule has 0 bridgehead atoms. The summed E-state index contributed by atoms with van der Waals surface area (Å²) in [5.41, 5.74) is 6.02. The molecule has 1 aliphatic carbocycles. The van der Waals surface area contributed by atoms with Gasteiger partial charge in [-0.05, 0) is 45.4 Å². The van der Waals surface area contributed by atoms with E-state index in [-0.39, 0.29) is 29.7 Å². The van der Waals surface area contributed by atoms with Crippen molar-refractivity contribution in [3.05, 3.63) is 0 Å². The number of carboxylic acid groups (broad SMARTS) is 1. The van der Waals surface area contributed by atoms with Crippen molar-refractivity contribution < 1.29 is 23.1 Å². The van der Waals surface area contributed by atoms with Gasteiger partial charge in [0.15, 0.2) is 9.84 Å². The van der Waals surface area contributed by atoms with Gasteiger partial charge < -0.3 is 21.1 Å². The lowest BCUT2D eigenvalue weighted by Gasteiger charge is -2.40. The average molecular weight is 361 g/mol. The Morgan fingerprint density at radius 3 is 2.62 bits per heavy atom. The van der Waals surface area contributed by atoms with Crippen LogP contribution in [0.5, 0.6) is 0 Å². The van der Waals surface area contributed by atoms with Crippen molar-refractivity contribution in [3.63, 3.8) is 0 Å². The standard InChI is InChI=1S/C15H27N3O5S/c1-9(2)24(22,23)8-10-7-11(16)3-4-13(10)18-6-5-12(14(18)19)17-15(20)21/h9-13,17H,3-8,16H2,1-2H3,(H,20,21)/t10-,11-,12+,13+/m1/s1. The fourth-order valence-electron chi connectivity index (χ4n) is 3.68. The zero-order chi connectivity index (χ0) is 18.1. The fourth-order valence-corrected chi connectivity index (χ4v) is 5.02. The third kappa shape index (κ3) is 4.18. The molecule has 2 aliphatic rings. The van der Waals surface area contributed by atoms with Gasteiger partial charge in [-0.3, -0.25) is 4.79 Å². The molecular formula is C15H27N3O5S. The van der Waals surface area contributed by atoms with Crippen molar-refractivity contribution >= 4 is 21.8 Å². The summed E-state index contributed by atoms with van der Waals surface area (Å²) in [6.07, 6.45) is 1.16.